The van der Waals surface area contributed by atoms with Crippen molar-refractivity contribution in [1.29, 1.82) is 0 Å². The van der Waals surface area contributed by atoms with E-state index in [-0.39, 0.29) is 11.3 Å². The molecule has 1 unspecified atom stereocenters. The number of hydrogen-bond acceptors (Lipinski definition) is 1. The van der Waals surface area contributed by atoms with E-state index in [0.29, 0.717) is 33.7 Å². The molecule has 1 fully saturated rings. The molecule has 0 bridgehead atoms. The lowest BCUT2D eigenvalue weighted by Crippen LogP contribution is -2.24. The number of nitrogens with zero attached hydrogens (tertiary/aromatic N) is 1. The molecule has 0 aliphatic carbocycles. The molecule has 0 spiro atoms. The van der Waals surface area contributed by atoms with E-state index in [0.717, 1.165) is 0 Å². The maximum atomic E-state index is 11.6. The highest BCUT2D eigenvalue weighted by Crippen LogP contribution is 2.36. The molecule has 1 heterocycles. The number of benzene rings is 1. The van der Waals surface area contributed by atoms with Gasteiger partial charge in [0.05, 0.1) is 20.4 Å². The monoisotopic (exact) mass is 297 g/mol. The number of hydrogen-bond donors (Lipinski definition) is 0. The third-order valence-corrected chi connectivity index (χ3v) is 3.85. The lowest BCUT2D eigenvalue weighted by molar-refractivity contribution is -0.117. The van der Waals surface area contributed by atoms with Gasteiger partial charge < -0.3 is 4.90 Å². The minimum atomic E-state index is -0.166. The highest BCUT2D eigenvalue weighted by molar-refractivity contribution is 6.48. The molecule has 86 valence electrons. The molecule has 1 aliphatic heterocycles. The van der Waals surface area contributed by atoms with Crippen LogP contribution in [0.1, 0.15) is 6.42 Å². The summed E-state index contributed by atoms with van der Waals surface area (Å²) < 4.78 is 0. The molecule has 0 saturated carbocycles. The van der Waals surface area contributed by atoms with Crippen LogP contribution in [0.5, 0.6) is 0 Å². The van der Waals surface area contributed by atoms with Crippen LogP contribution in [0, 0.1) is 0 Å². The van der Waals surface area contributed by atoms with Gasteiger partial charge in [-0.25, -0.2) is 0 Å². The second-order valence-corrected chi connectivity index (χ2v) is 5.34. The molecule has 0 aromatic heterocycles. The molecular formula is C10H7Cl4NO. The number of anilines is 1. The van der Waals surface area contributed by atoms with Crippen LogP contribution < -0.4 is 4.90 Å². The van der Waals surface area contributed by atoms with Crippen molar-refractivity contribution in [2.75, 3.05) is 11.4 Å². The van der Waals surface area contributed by atoms with Crippen LogP contribution in [-0.4, -0.2) is 17.8 Å². The zero-order valence-electron chi connectivity index (χ0n) is 8.01. The van der Waals surface area contributed by atoms with Crippen LogP contribution in [0.3, 0.4) is 0 Å². The van der Waals surface area contributed by atoms with Crippen molar-refractivity contribution in [3.05, 3.63) is 27.2 Å². The van der Waals surface area contributed by atoms with E-state index in [1.165, 1.54) is 0 Å². The molecule has 1 aliphatic rings. The standard InChI is InChI=1S/C10H7Cl4NO/c11-5-1-9(16)15(4-5)6-2-7(12)10(14)8(13)3-6/h2-3,5H,1,4H2. The van der Waals surface area contributed by atoms with Crippen molar-refractivity contribution in [2.24, 2.45) is 0 Å². The van der Waals surface area contributed by atoms with E-state index < -0.39 is 0 Å². The van der Waals surface area contributed by atoms with Gasteiger partial charge in [-0.05, 0) is 12.1 Å². The lowest BCUT2D eigenvalue weighted by atomic mass is 10.3. The molecule has 0 radical (unpaired) electrons. The van der Waals surface area contributed by atoms with E-state index in [1.807, 2.05) is 0 Å². The van der Waals surface area contributed by atoms with E-state index >= 15 is 0 Å². The fraction of sp³-hybridized carbons (Fsp3) is 0.300. The Morgan fingerprint density at radius 1 is 1.19 bits per heavy atom. The fourth-order valence-corrected chi connectivity index (χ4v) is 2.47. The quantitative estimate of drug-likeness (QED) is 0.567. The molecular weight excluding hydrogens is 292 g/mol. The number of carbonyl (C=O) groups is 1. The molecule has 2 rings (SSSR count). The summed E-state index contributed by atoms with van der Waals surface area (Å²) in [6.45, 7) is 0.467. The summed E-state index contributed by atoms with van der Waals surface area (Å²) in [4.78, 5) is 13.2. The third-order valence-electron chi connectivity index (χ3n) is 2.36. The Morgan fingerprint density at radius 2 is 1.75 bits per heavy atom. The first-order valence-electron chi connectivity index (χ1n) is 4.58. The Labute approximate surface area is 113 Å². The molecule has 1 amide bonds. The number of amides is 1. The SMILES string of the molecule is O=C1CC(Cl)CN1c1cc(Cl)c(Cl)c(Cl)c1. The minimum absolute atomic E-state index is 0.0329. The Balaban J connectivity index is 2.38. The summed E-state index contributed by atoms with van der Waals surface area (Å²) in [5, 5.41) is 0.784. The average Bonchev–Trinajstić information content (AvgIpc) is 2.53. The van der Waals surface area contributed by atoms with E-state index in [1.54, 1.807) is 17.0 Å². The second-order valence-electron chi connectivity index (χ2n) is 3.53. The van der Waals surface area contributed by atoms with Gasteiger partial charge in [-0.3, -0.25) is 4.79 Å². The lowest BCUT2D eigenvalue weighted by Gasteiger charge is -2.17. The Morgan fingerprint density at radius 3 is 2.19 bits per heavy atom. The topological polar surface area (TPSA) is 20.3 Å². The molecule has 1 atom stereocenters. The average molecular weight is 299 g/mol. The summed E-state index contributed by atoms with van der Waals surface area (Å²) in [5.41, 5.74) is 0.632. The van der Waals surface area contributed by atoms with Gasteiger partial charge >= 0.3 is 0 Å². The van der Waals surface area contributed by atoms with Crippen molar-refractivity contribution < 1.29 is 4.79 Å². The van der Waals surface area contributed by atoms with Crippen molar-refractivity contribution in [3.63, 3.8) is 0 Å². The number of carbonyl (C=O) groups excluding carboxylic acids is 1. The van der Waals surface area contributed by atoms with Gasteiger partial charge in [-0.15, -0.1) is 11.6 Å². The second kappa shape index (κ2) is 4.61. The predicted molar refractivity (Wildman–Crippen MR) is 68.1 cm³/mol. The van der Waals surface area contributed by atoms with Crippen molar-refractivity contribution in [2.45, 2.75) is 11.8 Å². The molecule has 6 heteroatoms. The van der Waals surface area contributed by atoms with Gasteiger partial charge in [-0.2, -0.15) is 0 Å². The van der Waals surface area contributed by atoms with Crippen molar-refractivity contribution in [3.8, 4) is 0 Å². The van der Waals surface area contributed by atoms with Gasteiger partial charge in [0.25, 0.3) is 0 Å². The summed E-state index contributed by atoms with van der Waals surface area (Å²) in [7, 11) is 0. The smallest absolute Gasteiger partial charge is 0.228 e. The Hall–Kier alpha value is -0.150. The van der Waals surface area contributed by atoms with Gasteiger partial charge in [0.2, 0.25) is 5.91 Å². The number of halogens is 4. The summed E-state index contributed by atoms with van der Waals surface area (Å²) in [5.74, 6) is -0.0329. The van der Waals surface area contributed by atoms with Crippen LogP contribution >= 0.6 is 46.4 Å². The van der Waals surface area contributed by atoms with Crippen LogP contribution in [0.25, 0.3) is 0 Å². The molecule has 1 aromatic rings. The maximum Gasteiger partial charge on any atom is 0.228 e. The van der Waals surface area contributed by atoms with Gasteiger partial charge in [-0.1, -0.05) is 34.8 Å². The Kier molecular flexibility index (Phi) is 3.55. The zero-order chi connectivity index (χ0) is 11.9. The first kappa shape index (κ1) is 12.3. The minimum Gasteiger partial charge on any atom is -0.311 e. The zero-order valence-corrected chi connectivity index (χ0v) is 11.0. The number of alkyl halides is 1. The van der Waals surface area contributed by atoms with Crippen LogP contribution in [0.2, 0.25) is 15.1 Å². The van der Waals surface area contributed by atoms with Crippen LogP contribution in [0.4, 0.5) is 5.69 Å². The maximum absolute atomic E-state index is 11.6. The van der Waals surface area contributed by atoms with Gasteiger partial charge in [0.1, 0.15) is 0 Å². The van der Waals surface area contributed by atoms with Crippen molar-refractivity contribution >= 4 is 58.0 Å². The predicted octanol–water partition coefficient (Wildman–Crippen LogP) is 3.99. The van der Waals surface area contributed by atoms with E-state index in [4.69, 9.17) is 46.4 Å². The number of rotatable bonds is 1. The third kappa shape index (κ3) is 2.25. The van der Waals surface area contributed by atoms with Crippen molar-refractivity contribution in [1.82, 2.24) is 0 Å². The van der Waals surface area contributed by atoms with Crippen LogP contribution in [0.15, 0.2) is 12.1 Å². The molecule has 0 N–H and O–H groups in total. The molecule has 1 saturated heterocycles. The van der Waals surface area contributed by atoms with Gasteiger partial charge in [0.15, 0.2) is 0 Å². The first-order valence-corrected chi connectivity index (χ1v) is 6.15. The fourth-order valence-electron chi connectivity index (χ4n) is 1.61. The highest BCUT2D eigenvalue weighted by Gasteiger charge is 2.29. The largest absolute Gasteiger partial charge is 0.311 e. The Bertz CT molecular complexity index is 425. The van der Waals surface area contributed by atoms with E-state index in [2.05, 4.69) is 0 Å². The summed E-state index contributed by atoms with van der Waals surface area (Å²) in [6.07, 6.45) is 0.333. The summed E-state index contributed by atoms with van der Waals surface area (Å²) in [6, 6.07) is 3.23. The normalized spacial score (nSPS) is 20.6. The highest BCUT2D eigenvalue weighted by atomic mass is 35.5. The molecule has 2 nitrogen and oxygen atoms in total. The van der Waals surface area contributed by atoms with Gasteiger partial charge in [0, 0.05) is 18.7 Å². The molecule has 1 aromatic carbocycles. The van der Waals surface area contributed by atoms with E-state index in [9.17, 15) is 4.79 Å². The summed E-state index contributed by atoms with van der Waals surface area (Å²) >= 11 is 23.5. The first-order chi connectivity index (χ1) is 7.49. The molecule has 16 heavy (non-hydrogen) atoms. The van der Waals surface area contributed by atoms with Crippen LogP contribution in [-0.2, 0) is 4.79 Å².